The zero-order chi connectivity index (χ0) is 15.8. The van der Waals surface area contributed by atoms with Crippen LogP contribution < -0.4 is 0 Å². The molecule has 1 aliphatic heterocycles. The van der Waals surface area contributed by atoms with E-state index in [-0.39, 0.29) is 11.3 Å². The molecular formula is C17H29N3O. The van der Waals surface area contributed by atoms with Crippen molar-refractivity contribution < 1.29 is 4.79 Å². The van der Waals surface area contributed by atoms with Crippen molar-refractivity contribution in [2.75, 3.05) is 33.2 Å². The monoisotopic (exact) mass is 291 g/mol. The molecule has 0 aliphatic carbocycles. The van der Waals surface area contributed by atoms with Gasteiger partial charge < -0.3 is 4.57 Å². The summed E-state index contributed by atoms with van der Waals surface area (Å²) in [6.07, 6.45) is 0. The first-order chi connectivity index (χ1) is 9.76. The molecule has 0 saturated carbocycles. The van der Waals surface area contributed by atoms with Crippen molar-refractivity contribution in [2.24, 2.45) is 0 Å². The second-order valence-corrected chi connectivity index (χ2v) is 6.90. The highest BCUT2D eigenvalue weighted by Crippen LogP contribution is 2.20. The van der Waals surface area contributed by atoms with Crippen molar-refractivity contribution in [2.45, 2.75) is 46.7 Å². The normalized spacial score (nSPS) is 19.9. The fraction of sp³-hybridized carbons (Fsp3) is 0.706. The van der Waals surface area contributed by atoms with Gasteiger partial charge in [-0.3, -0.25) is 14.6 Å². The Morgan fingerprint density at radius 3 is 2.48 bits per heavy atom. The smallest absolute Gasteiger partial charge is 0.178 e. The molecular weight excluding hydrogens is 262 g/mol. The fourth-order valence-corrected chi connectivity index (χ4v) is 3.33. The van der Waals surface area contributed by atoms with Gasteiger partial charge in [-0.15, -0.1) is 0 Å². The number of piperazine rings is 1. The molecule has 1 saturated heterocycles. The van der Waals surface area contributed by atoms with E-state index in [9.17, 15) is 4.79 Å². The van der Waals surface area contributed by atoms with Crippen molar-refractivity contribution in [1.29, 1.82) is 0 Å². The molecule has 0 radical (unpaired) electrons. The van der Waals surface area contributed by atoms with Gasteiger partial charge in [0.1, 0.15) is 0 Å². The summed E-state index contributed by atoms with van der Waals surface area (Å²) in [4.78, 5) is 17.3. The van der Waals surface area contributed by atoms with Crippen molar-refractivity contribution in [3.05, 3.63) is 23.0 Å². The van der Waals surface area contributed by atoms with Crippen molar-refractivity contribution in [1.82, 2.24) is 14.4 Å². The Bertz CT molecular complexity index is 530. The minimum atomic E-state index is 0.138. The van der Waals surface area contributed by atoms with E-state index in [1.54, 1.807) is 0 Å². The number of carbonyl (C=O) groups is 1. The highest BCUT2D eigenvalue weighted by atomic mass is 16.1. The molecule has 0 amide bonds. The van der Waals surface area contributed by atoms with Crippen LogP contribution in [0, 0.1) is 13.8 Å². The number of hydrogen-bond acceptors (Lipinski definition) is 3. The van der Waals surface area contributed by atoms with Crippen LogP contribution in [0.25, 0.3) is 0 Å². The lowest BCUT2D eigenvalue weighted by molar-refractivity contribution is 0.0389. The molecule has 1 aromatic heterocycles. The molecule has 4 heteroatoms. The summed E-state index contributed by atoms with van der Waals surface area (Å²) in [6, 6.07) is 2.04. The maximum absolute atomic E-state index is 12.6. The Labute approximate surface area is 128 Å². The van der Waals surface area contributed by atoms with Gasteiger partial charge in [0.05, 0.1) is 6.54 Å². The summed E-state index contributed by atoms with van der Waals surface area (Å²) in [5, 5.41) is 0. The third kappa shape index (κ3) is 3.22. The van der Waals surface area contributed by atoms with E-state index in [2.05, 4.69) is 56.0 Å². The van der Waals surface area contributed by atoms with E-state index in [1.165, 1.54) is 5.69 Å². The van der Waals surface area contributed by atoms with Crippen molar-refractivity contribution >= 4 is 5.78 Å². The topological polar surface area (TPSA) is 28.5 Å². The van der Waals surface area contributed by atoms with Crippen LogP contribution in [0.5, 0.6) is 0 Å². The first-order valence-electron chi connectivity index (χ1n) is 7.89. The van der Waals surface area contributed by atoms with Crippen molar-refractivity contribution in [3.63, 3.8) is 0 Å². The van der Waals surface area contributed by atoms with E-state index >= 15 is 0 Å². The summed E-state index contributed by atoms with van der Waals surface area (Å²) in [6.45, 7) is 15.1. The van der Waals surface area contributed by atoms with Gasteiger partial charge >= 0.3 is 0 Å². The summed E-state index contributed by atoms with van der Waals surface area (Å²) in [7, 11) is 2.16. The molecule has 0 spiro atoms. The predicted octanol–water partition coefficient (Wildman–Crippen LogP) is 2.33. The van der Waals surface area contributed by atoms with Gasteiger partial charge in [-0.1, -0.05) is 0 Å². The molecule has 1 fully saturated rings. The number of hydrogen-bond donors (Lipinski definition) is 0. The van der Waals surface area contributed by atoms with Crippen LogP contribution in [0.3, 0.4) is 0 Å². The molecule has 21 heavy (non-hydrogen) atoms. The number of Topliss-reactive ketones (excluding diaryl/α,β-unsaturated/α-hetero) is 1. The first-order valence-corrected chi connectivity index (χ1v) is 7.89. The zero-order valence-corrected chi connectivity index (χ0v) is 14.4. The Morgan fingerprint density at radius 1 is 1.29 bits per heavy atom. The second-order valence-electron chi connectivity index (χ2n) is 6.90. The third-order valence-corrected chi connectivity index (χ3v) is 4.95. The van der Waals surface area contributed by atoms with Crippen LogP contribution in [0.1, 0.15) is 42.5 Å². The highest BCUT2D eigenvalue weighted by molar-refractivity contribution is 5.99. The lowest BCUT2D eigenvalue weighted by atomic mass is 9.99. The van der Waals surface area contributed by atoms with Gasteiger partial charge in [0.25, 0.3) is 0 Å². The van der Waals surface area contributed by atoms with Crippen LogP contribution in [-0.2, 0) is 6.54 Å². The molecule has 118 valence electrons. The molecule has 0 bridgehead atoms. The minimum absolute atomic E-state index is 0.138. The van der Waals surface area contributed by atoms with E-state index in [0.29, 0.717) is 6.54 Å². The largest absolute Gasteiger partial charge is 0.349 e. The highest BCUT2D eigenvalue weighted by Gasteiger charge is 2.32. The van der Waals surface area contributed by atoms with Gasteiger partial charge in [0.15, 0.2) is 5.78 Å². The quantitative estimate of drug-likeness (QED) is 0.797. The first kappa shape index (κ1) is 16.2. The predicted molar refractivity (Wildman–Crippen MR) is 87.1 cm³/mol. The van der Waals surface area contributed by atoms with Crippen LogP contribution >= 0.6 is 0 Å². The van der Waals surface area contributed by atoms with Gasteiger partial charge in [0.2, 0.25) is 0 Å². The maximum atomic E-state index is 12.6. The van der Waals surface area contributed by atoms with E-state index in [0.717, 1.165) is 37.4 Å². The lowest BCUT2D eigenvalue weighted by Gasteiger charge is -2.45. The molecule has 4 nitrogen and oxygen atoms in total. The van der Waals surface area contributed by atoms with Gasteiger partial charge in [-0.2, -0.15) is 0 Å². The second kappa shape index (κ2) is 5.93. The molecule has 0 aromatic carbocycles. The molecule has 1 aromatic rings. The summed E-state index contributed by atoms with van der Waals surface area (Å²) in [5.41, 5.74) is 3.32. The van der Waals surface area contributed by atoms with Gasteiger partial charge in [-0.05, 0) is 47.7 Å². The molecule has 0 unspecified atom stereocenters. The van der Waals surface area contributed by atoms with Gasteiger partial charge in [-0.25, -0.2) is 0 Å². The Kier molecular flexibility index (Phi) is 4.59. The van der Waals surface area contributed by atoms with Crippen LogP contribution in [0.15, 0.2) is 6.07 Å². The summed E-state index contributed by atoms with van der Waals surface area (Å²) >= 11 is 0. The zero-order valence-electron chi connectivity index (χ0n) is 14.4. The number of ketones is 1. The molecule has 2 rings (SSSR count). The molecule has 0 atom stereocenters. The average Bonchev–Trinajstić information content (AvgIpc) is 2.68. The van der Waals surface area contributed by atoms with Crippen molar-refractivity contribution in [3.8, 4) is 0 Å². The minimum Gasteiger partial charge on any atom is -0.349 e. The molecule has 2 heterocycles. The standard InChI is InChI=1S/C17H29N3O/c1-7-20-13(2)10-15(14(20)3)16(21)11-19-9-8-18(6)17(4,5)12-19/h10H,7-9,11-12H2,1-6H3. The van der Waals surface area contributed by atoms with Gasteiger partial charge in [0, 0.05) is 48.7 Å². The number of aryl methyl sites for hydroxylation is 1. The summed E-state index contributed by atoms with van der Waals surface area (Å²) in [5.74, 6) is 0.253. The number of rotatable bonds is 4. The Balaban J connectivity index is 2.09. The lowest BCUT2D eigenvalue weighted by Crippen LogP contribution is -2.58. The number of nitrogens with zero attached hydrogens (tertiary/aromatic N) is 3. The maximum Gasteiger partial charge on any atom is 0.178 e. The van der Waals surface area contributed by atoms with E-state index in [1.807, 2.05) is 6.07 Å². The molecule has 1 aliphatic rings. The fourth-order valence-electron chi connectivity index (χ4n) is 3.33. The van der Waals surface area contributed by atoms with Crippen LogP contribution in [-0.4, -0.2) is 58.9 Å². The Hall–Kier alpha value is -1.13. The van der Waals surface area contributed by atoms with E-state index in [4.69, 9.17) is 0 Å². The number of carbonyl (C=O) groups excluding carboxylic acids is 1. The molecule has 0 N–H and O–H groups in total. The third-order valence-electron chi connectivity index (χ3n) is 4.95. The van der Waals surface area contributed by atoms with E-state index < -0.39 is 0 Å². The van der Waals surface area contributed by atoms with Crippen LogP contribution in [0.4, 0.5) is 0 Å². The Morgan fingerprint density at radius 2 is 1.95 bits per heavy atom. The number of likely N-dealkylation sites (N-methyl/N-ethyl adjacent to an activating group) is 1. The number of aromatic nitrogens is 1. The average molecular weight is 291 g/mol. The summed E-state index contributed by atoms with van der Waals surface area (Å²) < 4.78 is 2.21. The SMILES string of the molecule is CCn1c(C)cc(C(=O)CN2CCN(C)C(C)(C)C2)c1C. The van der Waals surface area contributed by atoms with Crippen LogP contribution in [0.2, 0.25) is 0 Å².